The van der Waals surface area contributed by atoms with Crippen LogP contribution in [0.5, 0.6) is 5.75 Å². The van der Waals surface area contributed by atoms with E-state index in [0.29, 0.717) is 5.75 Å². The molecular formula is C21H22I2O. The highest BCUT2D eigenvalue weighted by atomic mass is 127. The summed E-state index contributed by atoms with van der Waals surface area (Å²) in [4.78, 5) is 0. The fraction of sp³-hybridized carbons (Fsp3) is 0.429. The molecule has 24 heavy (non-hydrogen) atoms. The van der Waals surface area contributed by atoms with Crippen molar-refractivity contribution in [2.24, 2.45) is 0 Å². The third-order valence-electron chi connectivity index (χ3n) is 5.67. The van der Waals surface area contributed by atoms with E-state index in [2.05, 4.69) is 64.2 Å². The van der Waals surface area contributed by atoms with E-state index in [1.54, 1.807) is 0 Å². The van der Waals surface area contributed by atoms with E-state index in [0.717, 1.165) is 28.4 Å². The van der Waals surface area contributed by atoms with Crippen molar-refractivity contribution in [3.8, 4) is 16.9 Å². The molecule has 126 valence electrons. The van der Waals surface area contributed by atoms with E-state index in [-0.39, 0.29) is 0 Å². The molecule has 2 aromatic carbocycles. The number of aromatic hydroxyl groups is 1. The molecule has 0 unspecified atom stereocenters. The lowest BCUT2D eigenvalue weighted by atomic mass is 9.79. The van der Waals surface area contributed by atoms with Gasteiger partial charge in [0.25, 0.3) is 0 Å². The molecule has 0 aliphatic heterocycles. The highest BCUT2D eigenvalue weighted by Crippen LogP contribution is 2.46. The highest BCUT2D eigenvalue weighted by Gasteiger charge is 2.26. The van der Waals surface area contributed by atoms with Crippen molar-refractivity contribution in [3.05, 3.63) is 47.1 Å². The van der Waals surface area contributed by atoms with E-state index < -0.39 is 0 Å². The molecule has 0 radical (unpaired) electrons. The second-order valence-corrected chi connectivity index (χ2v) is 9.45. The van der Waals surface area contributed by atoms with Gasteiger partial charge < -0.3 is 5.11 Å². The summed E-state index contributed by atoms with van der Waals surface area (Å²) in [6.45, 7) is 2.24. The van der Waals surface area contributed by atoms with Crippen molar-refractivity contribution >= 4 is 45.2 Å². The normalized spacial score (nSPS) is 16.6. The predicted molar refractivity (Wildman–Crippen MR) is 117 cm³/mol. The van der Waals surface area contributed by atoms with Crippen LogP contribution in [0.2, 0.25) is 0 Å². The van der Waals surface area contributed by atoms with Crippen LogP contribution in [0.1, 0.15) is 53.5 Å². The Balaban J connectivity index is 2.07. The van der Waals surface area contributed by atoms with Crippen LogP contribution in [0.3, 0.4) is 0 Å². The van der Waals surface area contributed by atoms with Gasteiger partial charge in [-0.1, -0.05) is 0 Å². The molecule has 0 amide bonds. The molecule has 1 nitrogen and oxygen atoms in total. The summed E-state index contributed by atoms with van der Waals surface area (Å²) in [6.07, 6.45) is 9.68. The van der Waals surface area contributed by atoms with Gasteiger partial charge >= 0.3 is 0 Å². The molecule has 2 aromatic rings. The van der Waals surface area contributed by atoms with Gasteiger partial charge in [0.15, 0.2) is 0 Å². The van der Waals surface area contributed by atoms with Crippen molar-refractivity contribution < 1.29 is 5.11 Å². The van der Waals surface area contributed by atoms with Crippen molar-refractivity contribution in [1.82, 2.24) is 0 Å². The van der Waals surface area contributed by atoms with Crippen molar-refractivity contribution in [3.63, 3.8) is 0 Å². The molecule has 2 aliphatic rings. The summed E-state index contributed by atoms with van der Waals surface area (Å²) < 4.78 is 2.34. The Morgan fingerprint density at radius 1 is 0.750 bits per heavy atom. The first-order valence-electron chi connectivity index (χ1n) is 8.92. The number of hydrogen-bond donors (Lipinski definition) is 1. The lowest BCUT2D eigenvalue weighted by molar-refractivity contribution is 0.471. The number of phenolic OH excluding ortho intramolecular Hbond substituents is 1. The molecule has 0 atom stereocenters. The maximum Gasteiger partial charge on any atom is 0.137 e. The van der Waals surface area contributed by atoms with Crippen molar-refractivity contribution in [2.45, 2.75) is 58.3 Å². The molecule has 0 aromatic heterocycles. The Bertz CT molecular complexity index is 754. The van der Waals surface area contributed by atoms with Gasteiger partial charge in [-0.05, 0) is 149 Å². The quantitative estimate of drug-likeness (QED) is 0.416. The Morgan fingerprint density at radius 2 is 1.25 bits per heavy atom. The first-order chi connectivity index (χ1) is 11.6. The number of phenols is 1. The number of fused-ring (bicyclic) bond motifs is 2. The van der Waals surface area contributed by atoms with Crippen LogP contribution in [0.15, 0.2) is 12.1 Å². The fourth-order valence-corrected chi connectivity index (χ4v) is 5.74. The Kier molecular flexibility index (Phi) is 4.84. The third kappa shape index (κ3) is 2.79. The van der Waals surface area contributed by atoms with E-state index in [1.807, 2.05) is 0 Å². The van der Waals surface area contributed by atoms with Gasteiger partial charge in [-0.25, -0.2) is 0 Å². The smallest absolute Gasteiger partial charge is 0.137 e. The zero-order valence-corrected chi connectivity index (χ0v) is 18.3. The average molecular weight is 544 g/mol. The molecule has 4 rings (SSSR count). The number of rotatable bonds is 1. The Hall–Kier alpha value is -0.300. The first-order valence-corrected chi connectivity index (χ1v) is 11.1. The minimum atomic E-state index is 0.508. The zero-order valence-electron chi connectivity index (χ0n) is 14.0. The van der Waals surface area contributed by atoms with Crippen molar-refractivity contribution in [2.75, 3.05) is 0 Å². The minimum absolute atomic E-state index is 0.508. The van der Waals surface area contributed by atoms with Crippen LogP contribution in [-0.2, 0) is 25.7 Å². The number of benzene rings is 2. The first kappa shape index (κ1) is 17.1. The van der Waals surface area contributed by atoms with Gasteiger partial charge in [0, 0.05) is 9.13 Å². The van der Waals surface area contributed by atoms with Gasteiger partial charge in [-0.3, -0.25) is 0 Å². The van der Waals surface area contributed by atoms with Crippen LogP contribution in [-0.4, -0.2) is 5.11 Å². The molecule has 0 heterocycles. The lowest BCUT2D eigenvalue weighted by Gasteiger charge is -2.27. The number of aryl methyl sites for hydroxylation is 2. The highest BCUT2D eigenvalue weighted by molar-refractivity contribution is 14.1. The zero-order chi connectivity index (χ0) is 16.8. The molecular weight excluding hydrogens is 522 g/mol. The second-order valence-electron chi connectivity index (χ2n) is 7.13. The number of halogens is 2. The number of hydrogen-bond acceptors (Lipinski definition) is 1. The van der Waals surface area contributed by atoms with E-state index >= 15 is 0 Å². The standard InChI is InChI=1S/C21H22I2O/c1-12-17(22)10-13-6-2-4-8-15(13)19(12)20-16-9-5-3-7-14(16)11-18(23)21(20)24/h10-11,24H,2-9H2,1H3. The summed E-state index contributed by atoms with van der Waals surface area (Å²) in [7, 11) is 0. The molecule has 3 heteroatoms. The summed E-state index contributed by atoms with van der Waals surface area (Å²) in [5.74, 6) is 0.508. The molecule has 0 spiro atoms. The lowest BCUT2D eigenvalue weighted by Crippen LogP contribution is -2.11. The monoisotopic (exact) mass is 544 g/mol. The van der Waals surface area contributed by atoms with Gasteiger partial charge in [-0.2, -0.15) is 0 Å². The SMILES string of the molecule is Cc1c(I)cc2c(c1-c1c(O)c(I)cc3c1CCCC3)CCCC2. The molecule has 0 bridgehead atoms. The van der Waals surface area contributed by atoms with Crippen LogP contribution in [0.4, 0.5) is 0 Å². The van der Waals surface area contributed by atoms with Gasteiger partial charge in [0.1, 0.15) is 5.75 Å². The fourth-order valence-electron chi connectivity index (χ4n) is 4.45. The summed E-state index contributed by atoms with van der Waals surface area (Å²) in [5.41, 5.74) is 9.74. The van der Waals surface area contributed by atoms with E-state index in [9.17, 15) is 5.11 Å². The molecule has 2 aliphatic carbocycles. The maximum atomic E-state index is 11.0. The summed E-state index contributed by atoms with van der Waals surface area (Å²) >= 11 is 4.78. The van der Waals surface area contributed by atoms with Gasteiger partial charge in [0.2, 0.25) is 0 Å². The molecule has 0 saturated heterocycles. The van der Waals surface area contributed by atoms with Crippen LogP contribution >= 0.6 is 45.2 Å². The predicted octanol–water partition coefficient (Wildman–Crippen LogP) is 6.33. The summed E-state index contributed by atoms with van der Waals surface area (Å²) in [6, 6.07) is 4.59. The third-order valence-corrected chi connectivity index (χ3v) is 7.62. The Labute approximate surface area is 171 Å². The summed E-state index contributed by atoms with van der Waals surface area (Å²) in [5, 5.41) is 11.0. The molecule has 0 fully saturated rings. The maximum absolute atomic E-state index is 11.0. The Morgan fingerprint density at radius 3 is 1.88 bits per heavy atom. The van der Waals surface area contributed by atoms with E-state index in [1.165, 1.54) is 69.1 Å². The van der Waals surface area contributed by atoms with Gasteiger partial charge in [0.05, 0.1) is 3.57 Å². The van der Waals surface area contributed by atoms with E-state index in [4.69, 9.17) is 0 Å². The largest absolute Gasteiger partial charge is 0.506 e. The van der Waals surface area contributed by atoms with Crippen LogP contribution in [0, 0.1) is 14.1 Å². The molecule has 1 N–H and O–H groups in total. The van der Waals surface area contributed by atoms with Crippen LogP contribution < -0.4 is 0 Å². The topological polar surface area (TPSA) is 20.2 Å². The van der Waals surface area contributed by atoms with Crippen molar-refractivity contribution in [1.29, 1.82) is 0 Å². The molecule has 0 saturated carbocycles. The average Bonchev–Trinajstić information content (AvgIpc) is 2.58. The minimum Gasteiger partial charge on any atom is -0.506 e. The van der Waals surface area contributed by atoms with Crippen LogP contribution in [0.25, 0.3) is 11.1 Å². The van der Waals surface area contributed by atoms with Gasteiger partial charge in [-0.15, -0.1) is 0 Å². The second kappa shape index (κ2) is 6.78.